The zero-order valence-electron chi connectivity index (χ0n) is 18.9. The van der Waals surface area contributed by atoms with Crippen molar-refractivity contribution in [2.24, 2.45) is 0 Å². The van der Waals surface area contributed by atoms with Gasteiger partial charge in [0.2, 0.25) is 0 Å². The van der Waals surface area contributed by atoms with Gasteiger partial charge < -0.3 is 24.3 Å². The van der Waals surface area contributed by atoms with E-state index in [1.165, 1.54) is 0 Å². The van der Waals surface area contributed by atoms with Crippen LogP contribution in [-0.4, -0.2) is 50.3 Å². The summed E-state index contributed by atoms with van der Waals surface area (Å²) in [5.41, 5.74) is 1.41. The van der Waals surface area contributed by atoms with Crippen molar-refractivity contribution in [1.29, 1.82) is 0 Å². The number of dihydropyridines is 1. The molecule has 0 atom stereocenters. The number of ether oxygens (including phenoxy) is 4. The molecule has 0 saturated heterocycles. The first-order valence-electron chi connectivity index (χ1n) is 10.3. The summed E-state index contributed by atoms with van der Waals surface area (Å²) in [6.45, 7) is 5.62. The van der Waals surface area contributed by atoms with Crippen LogP contribution in [0.3, 0.4) is 0 Å². The van der Waals surface area contributed by atoms with Gasteiger partial charge in [0.25, 0.3) is 0 Å². The molecule has 0 spiro atoms. The minimum atomic E-state index is -0.968. The quantitative estimate of drug-likeness (QED) is 0.421. The Morgan fingerprint density at radius 3 is 1.70 bits per heavy atom. The van der Waals surface area contributed by atoms with Gasteiger partial charge in [0.1, 0.15) is 0 Å². The summed E-state index contributed by atoms with van der Waals surface area (Å²) in [7, 11) is 0. The van der Waals surface area contributed by atoms with E-state index in [-0.39, 0.29) is 24.4 Å². The number of carbonyl (C=O) groups excluding carboxylic acids is 4. The molecule has 178 valence electrons. The molecule has 1 heterocycles. The zero-order chi connectivity index (χ0) is 24.5. The van der Waals surface area contributed by atoms with Crippen molar-refractivity contribution in [3.05, 3.63) is 57.4 Å². The van der Waals surface area contributed by atoms with Crippen molar-refractivity contribution in [3.8, 4) is 0 Å². The maximum absolute atomic E-state index is 13.0. The number of benzene rings is 1. The summed E-state index contributed by atoms with van der Waals surface area (Å²) in [6.07, 6.45) is 0. The first kappa shape index (κ1) is 25.9. The highest BCUT2D eigenvalue weighted by atomic mass is 35.5. The fourth-order valence-corrected chi connectivity index (χ4v) is 3.61. The number of rotatable bonds is 9. The molecule has 1 N–H and O–H groups in total. The number of hydrogen-bond acceptors (Lipinski definition) is 9. The predicted molar refractivity (Wildman–Crippen MR) is 118 cm³/mol. The van der Waals surface area contributed by atoms with Crippen LogP contribution >= 0.6 is 11.6 Å². The molecule has 10 heteroatoms. The van der Waals surface area contributed by atoms with Crippen molar-refractivity contribution >= 4 is 35.5 Å². The topological polar surface area (TPSA) is 117 Å². The molecular formula is C23H26ClNO8. The van der Waals surface area contributed by atoms with Gasteiger partial charge in [-0.05, 0) is 39.3 Å². The number of allylic oxidation sites excluding steroid dienone is 2. The second-order valence-corrected chi connectivity index (χ2v) is 7.33. The van der Waals surface area contributed by atoms with E-state index in [9.17, 15) is 19.2 Å². The Labute approximate surface area is 196 Å². The fourth-order valence-electron chi connectivity index (χ4n) is 3.37. The Morgan fingerprint density at radius 2 is 1.27 bits per heavy atom. The van der Waals surface area contributed by atoms with Gasteiger partial charge in [-0.3, -0.25) is 0 Å². The smallest absolute Gasteiger partial charge is 0.344 e. The highest BCUT2D eigenvalue weighted by Gasteiger charge is 2.39. The Balaban J connectivity index is 2.44. The SMILES string of the molecule is CCOC(=O)COC(=O)C1=C(C)NC(C)=C(C(=O)OCC(=O)OCC)C1c1ccccc1Cl. The van der Waals surface area contributed by atoms with E-state index in [0.717, 1.165) is 0 Å². The average Bonchev–Trinajstić information content (AvgIpc) is 2.76. The largest absolute Gasteiger partial charge is 0.463 e. The molecule has 2 rings (SSSR count). The number of hydrogen-bond donors (Lipinski definition) is 1. The van der Waals surface area contributed by atoms with E-state index < -0.39 is 43.0 Å². The second kappa shape index (κ2) is 12.1. The number of esters is 4. The molecule has 1 aromatic rings. The molecule has 33 heavy (non-hydrogen) atoms. The van der Waals surface area contributed by atoms with E-state index in [0.29, 0.717) is 22.0 Å². The van der Waals surface area contributed by atoms with Crippen LogP contribution in [0.25, 0.3) is 0 Å². The third kappa shape index (κ3) is 6.58. The van der Waals surface area contributed by atoms with Crippen molar-refractivity contribution in [3.63, 3.8) is 0 Å². The summed E-state index contributed by atoms with van der Waals surface area (Å²) in [5.74, 6) is -4.04. The van der Waals surface area contributed by atoms with Crippen LogP contribution < -0.4 is 5.32 Å². The zero-order valence-corrected chi connectivity index (χ0v) is 19.6. The van der Waals surface area contributed by atoms with Crippen LogP contribution in [0.1, 0.15) is 39.2 Å². The van der Waals surface area contributed by atoms with Crippen LogP contribution in [0.4, 0.5) is 0 Å². The van der Waals surface area contributed by atoms with E-state index in [1.54, 1.807) is 52.0 Å². The lowest BCUT2D eigenvalue weighted by Gasteiger charge is -2.30. The lowest BCUT2D eigenvalue weighted by atomic mass is 9.80. The van der Waals surface area contributed by atoms with Crippen LogP contribution in [0, 0.1) is 0 Å². The van der Waals surface area contributed by atoms with Gasteiger partial charge in [0.05, 0.1) is 30.3 Å². The van der Waals surface area contributed by atoms with Crippen LogP contribution in [0.15, 0.2) is 46.8 Å². The molecule has 0 aromatic heterocycles. The van der Waals surface area contributed by atoms with Gasteiger partial charge in [-0.25, -0.2) is 19.2 Å². The van der Waals surface area contributed by atoms with Gasteiger partial charge in [-0.2, -0.15) is 0 Å². The van der Waals surface area contributed by atoms with Crippen molar-refractivity contribution < 1.29 is 38.1 Å². The fraction of sp³-hybridized carbons (Fsp3) is 0.391. The number of nitrogens with one attached hydrogen (secondary N) is 1. The van der Waals surface area contributed by atoms with Crippen LogP contribution in [0.2, 0.25) is 5.02 Å². The van der Waals surface area contributed by atoms with E-state index in [4.69, 9.17) is 30.5 Å². The normalized spacial score (nSPS) is 13.8. The number of halogens is 1. The standard InChI is InChI=1S/C23H26ClNO8/c1-5-30-17(26)11-32-22(28)19-13(3)25-14(4)20(23(29)33-12-18(27)31-6-2)21(19)15-9-7-8-10-16(15)24/h7-10,21,25H,5-6,11-12H2,1-4H3. The monoisotopic (exact) mass is 479 g/mol. The van der Waals surface area contributed by atoms with Gasteiger partial charge in [0.15, 0.2) is 13.2 Å². The van der Waals surface area contributed by atoms with E-state index in [1.807, 2.05) is 0 Å². The Kier molecular flexibility index (Phi) is 9.47. The lowest BCUT2D eigenvalue weighted by Crippen LogP contribution is -2.33. The summed E-state index contributed by atoms with van der Waals surface area (Å²) >= 11 is 6.41. The van der Waals surface area contributed by atoms with Crippen molar-refractivity contribution in [1.82, 2.24) is 5.32 Å². The van der Waals surface area contributed by atoms with Gasteiger partial charge in [-0.15, -0.1) is 0 Å². The summed E-state index contributed by atoms with van der Waals surface area (Å²) in [6, 6.07) is 6.69. The van der Waals surface area contributed by atoms with Gasteiger partial charge in [0, 0.05) is 16.4 Å². The van der Waals surface area contributed by atoms with Crippen molar-refractivity contribution in [2.75, 3.05) is 26.4 Å². The first-order valence-corrected chi connectivity index (χ1v) is 10.7. The molecular weight excluding hydrogens is 454 g/mol. The highest BCUT2D eigenvalue weighted by Crippen LogP contribution is 2.41. The van der Waals surface area contributed by atoms with Crippen LogP contribution in [0.5, 0.6) is 0 Å². The third-order valence-corrected chi connectivity index (χ3v) is 5.01. The van der Waals surface area contributed by atoms with Gasteiger partial charge >= 0.3 is 23.9 Å². The first-order chi connectivity index (χ1) is 15.7. The van der Waals surface area contributed by atoms with E-state index in [2.05, 4.69) is 5.32 Å². The minimum Gasteiger partial charge on any atom is -0.463 e. The van der Waals surface area contributed by atoms with Crippen LogP contribution in [-0.2, 0) is 38.1 Å². The molecule has 0 fully saturated rings. The van der Waals surface area contributed by atoms with E-state index >= 15 is 0 Å². The summed E-state index contributed by atoms with van der Waals surface area (Å²) in [5, 5.41) is 3.27. The van der Waals surface area contributed by atoms with Crippen molar-refractivity contribution in [2.45, 2.75) is 33.6 Å². The lowest BCUT2D eigenvalue weighted by molar-refractivity contribution is -0.157. The second-order valence-electron chi connectivity index (χ2n) is 6.92. The molecule has 1 aromatic carbocycles. The summed E-state index contributed by atoms with van der Waals surface area (Å²) < 4.78 is 19.9. The molecule has 1 aliphatic heterocycles. The summed E-state index contributed by atoms with van der Waals surface area (Å²) in [4.78, 5) is 49.4. The minimum absolute atomic E-state index is 0.0704. The molecule has 0 radical (unpaired) electrons. The molecule has 0 bridgehead atoms. The average molecular weight is 480 g/mol. The molecule has 1 aliphatic rings. The maximum Gasteiger partial charge on any atom is 0.344 e. The Morgan fingerprint density at radius 1 is 0.818 bits per heavy atom. The molecule has 0 aliphatic carbocycles. The molecule has 0 amide bonds. The highest BCUT2D eigenvalue weighted by molar-refractivity contribution is 6.31. The third-order valence-electron chi connectivity index (χ3n) is 4.67. The molecule has 0 unspecified atom stereocenters. The Hall–Kier alpha value is -3.33. The molecule has 0 saturated carbocycles. The maximum atomic E-state index is 13.0. The molecule has 9 nitrogen and oxygen atoms in total. The Bertz CT molecular complexity index is 942. The predicted octanol–water partition coefficient (Wildman–Crippen LogP) is 2.79. The van der Waals surface area contributed by atoms with Gasteiger partial charge in [-0.1, -0.05) is 29.8 Å². The number of carbonyl (C=O) groups is 4.